The van der Waals surface area contributed by atoms with Crippen molar-refractivity contribution in [3.63, 3.8) is 0 Å². The molecule has 0 saturated carbocycles. The van der Waals surface area contributed by atoms with Gasteiger partial charge in [-0.1, -0.05) is 42.5 Å². The van der Waals surface area contributed by atoms with E-state index >= 15 is 0 Å². The molecule has 1 unspecified atom stereocenters. The molecule has 0 spiro atoms. The average molecular weight is 239 g/mol. The van der Waals surface area contributed by atoms with Crippen molar-refractivity contribution in [2.45, 2.75) is 18.9 Å². The van der Waals surface area contributed by atoms with E-state index in [-0.39, 0.29) is 6.04 Å². The molecule has 0 radical (unpaired) electrons. The predicted molar refractivity (Wildman–Crippen MR) is 74.1 cm³/mol. The summed E-state index contributed by atoms with van der Waals surface area (Å²) in [6, 6.07) is 14.6. The molecule has 2 nitrogen and oxygen atoms in total. The third kappa shape index (κ3) is 2.00. The van der Waals surface area contributed by atoms with Gasteiger partial charge in [0.1, 0.15) is 0 Å². The maximum absolute atomic E-state index is 6.39. The van der Waals surface area contributed by atoms with Crippen LogP contribution in [0.3, 0.4) is 0 Å². The first kappa shape index (κ1) is 11.3. The Morgan fingerprint density at radius 2 is 1.89 bits per heavy atom. The zero-order valence-electron chi connectivity index (χ0n) is 10.3. The highest BCUT2D eigenvalue weighted by Crippen LogP contribution is 2.30. The molecular weight excluding hydrogens is 222 g/mol. The lowest BCUT2D eigenvalue weighted by molar-refractivity contribution is 0.221. The lowest BCUT2D eigenvalue weighted by Crippen LogP contribution is -2.16. The fourth-order valence-electron chi connectivity index (χ4n) is 2.53. The number of nitrogens with two attached hydrogens (primary N) is 1. The Morgan fingerprint density at radius 1 is 1.06 bits per heavy atom. The summed E-state index contributed by atoms with van der Waals surface area (Å²) in [4.78, 5) is 0. The van der Waals surface area contributed by atoms with Crippen LogP contribution in [0.2, 0.25) is 0 Å². The van der Waals surface area contributed by atoms with Gasteiger partial charge in [0.05, 0.1) is 18.9 Å². The third-order valence-corrected chi connectivity index (χ3v) is 3.52. The van der Waals surface area contributed by atoms with Crippen molar-refractivity contribution in [3.8, 4) is 0 Å². The first-order valence-corrected chi connectivity index (χ1v) is 6.40. The molecule has 0 amide bonds. The van der Waals surface area contributed by atoms with E-state index in [2.05, 4.69) is 42.5 Å². The third-order valence-electron chi connectivity index (χ3n) is 3.52. The Labute approximate surface area is 107 Å². The Bertz CT molecular complexity index is 583. The number of rotatable bonds is 2. The van der Waals surface area contributed by atoms with Crippen LogP contribution in [-0.4, -0.2) is 6.61 Å². The Balaban J connectivity index is 2.05. The highest BCUT2D eigenvalue weighted by atomic mass is 16.5. The summed E-state index contributed by atoms with van der Waals surface area (Å²) in [6.07, 6.45) is 3.94. The van der Waals surface area contributed by atoms with Gasteiger partial charge in [0.15, 0.2) is 0 Å². The second-order valence-corrected chi connectivity index (χ2v) is 4.71. The number of hydrogen-bond acceptors (Lipinski definition) is 2. The molecule has 92 valence electrons. The van der Waals surface area contributed by atoms with Crippen LogP contribution in [0.5, 0.6) is 0 Å². The van der Waals surface area contributed by atoms with Crippen molar-refractivity contribution in [2.75, 3.05) is 6.61 Å². The second kappa shape index (κ2) is 4.83. The Hall–Kier alpha value is -1.80. The van der Waals surface area contributed by atoms with Crippen molar-refractivity contribution in [3.05, 3.63) is 59.9 Å². The largest absolute Gasteiger partial charge is 0.501 e. The van der Waals surface area contributed by atoms with E-state index < -0.39 is 0 Å². The molecule has 0 bridgehead atoms. The van der Waals surface area contributed by atoms with Crippen LogP contribution in [0.15, 0.2) is 54.3 Å². The summed E-state index contributed by atoms with van der Waals surface area (Å²) < 4.78 is 5.39. The van der Waals surface area contributed by atoms with Gasteiger partial charge < -0.3 is 10.5 Å². The van der Waals surface area contributed by atoms with E-state index in [1.165, 1.54) is 21.9 Å². The first-order chi connectivity index (χ1) is 8.86. The van der Waals surface area contributed by atoms with Crippen LogP contribution in [0.1, 0.15) is 24.4 Å². The maximum atomic E-state index is 6.39. The summed E-state index contributed by atoms with van der Waals surface area (Å²) in [5.41, 5.74) is 8.76. The zero-order valence-corrected chi connectivity index (χ0v) is 10.3. The fraction of sp³-hybridized carbons (Fsp3) is 0.250. The van der Waals surface area contributed by atoms with Gasteiger partial charge in [-0.2, -0.15) is 0 Å². The van der Waals surface area contributed by atoms with Crippen LogP contribution in [-0.2, 0) is 4.74 Å². The molecule has 0 aromatic heterocycles. The highest BCUT2D eigenvalue weighted by Gasteiger charge is 2.16. The Morgan fingerprint density at radius 3 is 2.72 bits per heavy atom. The summed E-state index contributed by atoms with van der Waals surface area (Å²) in [5, 5.41) is 2.47. The van der Waals surface area contributed by atoms with Gasteiger partial charge >= 0.3 is 0 Å². The molecule has 1 aliphatic heterocycles. The van der Waals surface area contributed by atoms with Crippen LogP contribution in [0.25, 0.3) is 10.8 Å². The number of benzene rings is 2. The molecule has 2 N–H and O–H groups in total. The molecule has 0 fully saturated rings. The molecule has 3 rings (SSSR count). The van der Waals surface area contributed by atoms with Crippen molar-refractivity contribution in [2.24, 2.45) is 5.73 Å². The summed E-state index contributed by atoms with van der Waals surface area (Å²) in [5.74, 6) is 0. The standard InChI is InChI=1S/C16H17NO/c17-16(13-7-4-10-18-11-13)15-9-3-6-12-5-1-2-8-14(12)15/h1-3,5-6,8-9,11,16H,4,7,10,17H2. The molecule has 0 aliphatic carbocycles. The Kier molecular flexibility index (Phi) is 3.03. The first-order valence-electron chi connectivity index (χ1n) is 6.40. The normalized spacial score (nSPS) is 17.1. The molecule has 2 aromatic carbocycles. The molecule has 1 heterocycles. The minimum atomic E-state index is -0.0589. The SMILES string of the molecule is NC(C1=COCCC1)c1cccc2ccccc12. The molecule has 1 aliphatic rings. The van der Waals surface area contributed by atoms with Gasteiger partial charge in [-0.3, -0.25) is 0 Å². The van der Waals surface area contributed by atoms with Crippen LogP contribution >= 0.6 is 0 Å². The summed E-state index contributed by atoms with van der Waals surface area (Å²) in [6.45, 7) is 0.811. The fourth-order valence-corrected chi connectivity index (χ4v) is 2.53. The van der Waals surface area contributed by atoms with Gasteiger partial charge in [0, 0.05) is 0 Å². The monoisotopic (exact) mass is 239 g/mol. The van der Waals surface area contributed by atoms with E-state index in [4.69, 9.17) is 10.5 Å². The van der Waals surface area contributed by atoms with E-state index in [0.29, 0.717) is 0 Å². The minimum absolute atomic E-state index is 0.0589. The van der Waals surface area contributed by atoms with Gasteiger partial charge in [0.2, 0.25) is 0 Å². The minimum Gasteiger partial charge on any atom is -0.501 e. The summed E-state index contributed by atoms with van der Waals surface area (Å²) >= 11 is 0. The van der Waals surface area contributed by atoms with Gasteiger partial charge in [-0.25, -0.2) is 0 Å². The molecule has 0 saturated heterocycles. The lowest BCUT2D eigenvalue weighted by Gasteiger charge is -2.21. The van der Waals surface area contributed by atoms with Crippen LogP contribution in [0, 0.1) is 0 Å². The van der Waals surface area contributed by atoms with Gasteiger partial charge in [0.25, 0.3) is 0 Å². The van der Waals surface area contributed by atoms with Crippen LogP contribution < -0.4 is 5.73 Å². The zero-order chi connectivity index (χ0) is 12.4. The molecular formula is C16H17NO. The van der Waals surface area contributed by atoms with Gasteiger partial charge in [-0.15, -0.1) is 0 Å². The highest BCUT2D eigenvalue weighted by molar-refractivity contribution is 5.86. The number of fused-ring (bicyclic) bond motifs is 1. The average Bonchev–Trinajstić information content (AvgIpc) is 2.47. The lowest BCUT2D eigenvalue weighted by atomic mass is 9.92. The van der Waals surface area contributed by atoms with Crippen molar-refractivity contribution >= 4 is 10.8 Å². The van der Waals surface area contributed by atoms with Crippen molar-refractivity contribution in [1.82, 2.24) is 0 Å². The topological polar surface area (TPSA) is 35.2 Å². The maximum Gasteiger partial charge on any atom is 0.0876 e. The summed E-state index contributed by atoms with van der Waals surface area (Å²) in [7, 11) is 0. The molecule has 2 heteroatoms. The molecule has 1 atom stereocenters. The smallest absolute Gasteiger partial charge is 0.0876 e. The van der Waals surface area contributed by atoms with Crippen molar-refractivity contribution < 1.29 is 4.74 Å². The van der Waals surface area contributed by atoms with E-state index in [0.717, 1.165) is 19.4 Å². The van der Waals surface area contributed by atoms with E-state index in [1.54, 1.807) is 0 Å². The number of ether oxygens (including phenoxy) is 1. The van der Waals surface area contributed by atoms with Gasteiger partial charge in [-0.05, 0) is 34.8 Å². The molecule has 18 heavy (non-hydrogen) atoms. The van der Waals surface area contributed by atoms with Crippen molar-refractivity contribution in [1.29, 1.82) is 0 Å². The van der Waals surface area contributed by atoms with E-state index in [9.17, 15) is 0 Å². The molecule has 2 aromatic rings. The predicted octanol–water partition coefficient (Wildman–Crippen LogP) is 3.53. The number of hydrogen-bond donors (Lipinski definition) is 1. The van der Waals surface area contributed by atoms with Crippen LogP contribution in [0.4, 0.5) is 0 Å². The quantitative estimate of drug-likeness (QED) is 0.870. The van der Waals surface area contributed by atoms with E-state index in [1.807, 2.05) is 6.26 Å². The second-order valence-electron chi connectivity index (χ2n) is 4.71.